The highest BCUT2D eigenvalue weighted by atomic mass is 16.6. The van der Waals surface area contributed by atoms with Gasteiger partial charge in [-0.05, 0) is 25.3 Å². The minimum Gasteiger partial charge on any atom is -0.362 e. The first-order valence-electron chi connectivity index (χ1n) is 5.94. The summed E-state index contributed by atoms with van der Waals surface area (Å²) in [7, 11) is 0. The molecule has 1 aromatic carbocycles. The largest absolute Gasteiger partial charge is 0.362 e. The number of nitro benzene ring substituents is 1. The first kappa shape index (κ1) is 11.9. The Labute approximate surface area is 100 Å². The predicted octanol–water partition coefficient (Wildman–Crippen LogP) is 1.91. The van der Waals surface area contributed by atoms with Crippen molar-refractivity contribution in [2.24, 2.45) is 5.73 Å². The minimum atomic E-state index is -0.322. The van der Waals surface area contributed by atoms with Gasteiger partial charge in [-0.2, -0.15) is 0 Å². The smallest absolute Gasteiger partial charge is 0.292 e. The van der Waals surface area contributed by atoms with Crippen molar-refractivity contribution in [3.05, 3.63) is 34.4 Å². The summed E-state index contributed by atoms with van der Waals surface area (Å²) in [6.07, 6.45) is 3.24. The molecule has 1 aromatic rings. The van der Waals surface area contributed by atoms with E-state index in [1.807, 2.05) is 12.1 Å². The van der Waals surface area contributed by atoms with Crippen LogP contribution in [0.15, 0.2) is 24.3 Å². The van der Waals surface area contributed by atoms with E-state index in [2.05, 4.69) is 4.90 Å². The summed E-state index contributed by atoms with van der Waals surface area (Å²) in [5.41, 5.74) is 6.62. The predicted molar refractivity (Wildman–Crippen MR) is 67.1 cm³/mol. The second-order valence-corrected chi connectivity index (χ2v) is 4.32. The van der Waals surface area contributed by atoms with Crippen molar-refractivity contribution in [2.75, 3.05) is 18.0 Å². The Kier molecular flexibility index (Phi) is 3.58. The lowest BCUT2D eigenvalue weighted by atomic mass is 10.0. The molecule has 1 heterocycles. The fourth-order valence-electron chi connectivity index (χ4n) is 2.42. The van der Waals surface area contributed by atoms with E-state index < -0.39 is 0 Å². The fourth-order valence-corrected chi connectivity index (χ4v) is 2.42. The third-order valence-corrected chi connectivity index (χ3v) is 3.29. The number of rotatable bonds is 3. The van der Waals surface area contributed by atoms with E-state index in [0.717, 1.165) is 25.8 Å². The molecule has 17 heavy (non-hydrogen) atoms. The van der Waals surface area contributed by atoms with E-state index in [4.69, 9.17) is 5.73 Å². The van der Waals surface area contributed by atoms with Crippen LogP contribution in [0.25, 0.3) is 0 Å². The summed E-state index contributed by atoms with van der Waals surface area (Å²) in [5, 5.41) is 11.0. The Morgan fingerprint density at radius 2 is 2.18 bits per heavy atom. The molecule has 0 amide bonds. The Morgan fingerprint density at radius 3 is 2.88 bits per heavy atom. The summed E-state index contributed by atoms with van der Waals surface area (Å²) in [5.74, 6) is 0. The van der Waals surface area contributed by atoms with Gasteiger partial charge in [0, 0.05) is 25.2 Å². The molecule has 1 aliphatic rings. The topological polar surface area (TPSA) is 72.4 Å². The van der Waals surface area contributed by atoms with Gasteiger partial charge in [0.2, 0.25) is 0 Å². The Bertz CT molecular complexity index is 408. The van der Waals surface area contributed by atoms with Gasteiger partial charge in [0.15, 0.2) is 0 Å². The van der Waals surface area contributed by atoms with Gasteiger partial charge in [0.25, 0.3) is 5.69 Å². The van der Waals surface area contributed by atoms with Crippen molar-refractivity contribution < 1.29 is 4.92 Å². The van der Waals surface area contributed by atoms with E-state index in [-0.39, 0.29) is 16.7 Å². The fraction of sp³-hybridized carbons (Fsp3) is 0.500. The maximum absolute atomic E-state index is 11.0. The zero-order valence-electron chi connectivity index (χ0n) is 9.71. The first-order valence-corrected chi connectivity index (χ1v) is 5.94. The summed E-state index contributed by atoms with van der Waals surface area (Å²) < 4.78 is 0. The van der Waals surface area contributed by atoms with Gasteiger partial charge >= 0.3 is 0 Å². The van der Waals surface area contributed by atoms with E-state index in [0.29, 0.717) is 12.2 Å². The molecule has 0 aliphatic carbocycles. The van der Waals surface area contributed by atoms with Crippen LogP contribution in [0.2, 0.25) is 0 Å². The zero-order chi connectivity index (χ0) is 12.3. The van der Waals surface area contributed by atoms with Crippen molar-refractivity contribution in [1.82, 2.24) is 0 Å². The van der Waals surface area contributed by atoms with Crippen molar-refractivity contribution in [1.29, 1.82) is 0 Å². The standard InChI is InChI=1S/C12H17N3O2/c13-9-10-5-3-4-8-14(10)11-6-1-2-7-12(11)15(16)17/h1-2,6-7,10H,3-5,8-9,13H2. The van der Waals surface area contributed by atoms with Gasteiger partial charge in [0.1, 0.15) is 5.69 Å². The zero-order valence-corrected chi connectivity index (χ0v) is 9.71. The summed E-state index contributed by atoms with van der Waals surface area (Å²) in [6, 6.07) is 7.13. The number of hydrogen-bond acceptors (Lipinski definition) is 4. The van der Waals surface area contributed by atoms with E-state index in [1.54, 1.807) is 12.1 Å². The van der Waals surface area contributed by atoms with Crippen LogP contribution in [-0.4, -0.2) is 24.1 Å². The number of nitrogens with two attached hydrogens (primary N) is 1. The van der Waals surface area contributed by atoms with E-state index >= 15 is 0 Å². The van der Waals surface area contributed by atoms with Crippen LogP contribution in [0.1, 0.15) is 19.3 Å². The Morgan fingerprint density at radius 1 is 1.41 bits per heavy atom. The van der Waals surface area contributed by atoms with Crippen LogP contribution in [0.4, 0.5) is 11.4 Å². The number of anilines is 1. The summed E-state index contributed by atoms with van der Waals surface area (Å²) in [4.78, 5) is 12.8. The van der Waals surface area contributed by atoms with Gasteiger partial charge < -0.3 is 10.6 Å². The molecule has 1 fully saturated rings. The third kappa shape index (κ3) is 2.39. The maximum atomic E-state index is 11.0. The highest BCUT2D eigenvalue weighted by Gasteiger charge is 2.26. The van der Waals surface area contributed by atoms with Gasteiger partial charge in [0.05, 0.1) is 4.92 Å². The van der Waals surface area contributed by atoms with Crippen LogP contribution in [0.5, 0.6) is 0 Å². The number of para-hydroxylation sites is 2. The molecule has 1 saturated heterocycles. The molecule has 0 bridgehead atoms. The molecule has 0 saturated carbocycles. The average molecular weight is 235 g/mol. The number of nitrogens with zero attached hydrogens (tertiary/aromatic N) is 2. The molecule has 92 valence electrons. The summed E-state index contributed by atoms with van der Waals surface area (Å²) in [6.45, 7) is 1.40. The van der Waals surface area contributed by atoms with Crippen molar-refractivity contribution in [2.45, 2.75) is 25.3 Å². The molecule has 0 radical (unpaired) electrons. The molecular formula is C12H17N3O2. The van der Waals surface area contributed by atoms with Crippen LogP contribution < -0.4 is 10.6 Å². The molecule has 0 spiro atoms. The minimum absolute atomic E-state index is 0.174. The highest BCUT2D eigenvalue weighted by molar-refractivity contribution is 5.63. The second-order valence-electron chi connectivity index (χ2n) is 4.32. The molecule has 1 aliphatic heterocycles. The molecule has 0 aromatic heterocycles. The molecule has 5 heteroatoms. The molecule has 5 nitrogen and oxygen atoms in total. The number of nitro groups is 1. The molecule has 2 rings (SSSR count). The number of benzene rings is 1. The van der Waals surface area contributed by atoms with Crippen LogP contribution in [-0.2, 0) is 0 Å². The van der Waals surface area contributed by atoms with Crippen molar-refractivity contribution in [3.63, 3.8) is 0 Å². The Balaban J connectivity index is 2.34. The Hall–Kier alpha value is -1.62. The third-order valence-electron chi connectivity index (χ3n) is 3.29. The first-order chi connectivity index (χ1) is 8.24. The van der Waals surface area contributed by atoms with E-state index in [9.17, 15) is 10.1 Å². The number of piperidine rings is 1. The quantitative estimate of drug-likeness (QED) is 0.641. The maximum Gasteiger partial charge on any atom is 0.292 e. The summed E-state index contributed by atoms with van der Waals surface area (Å²) >= 11 is 0. The lowest BCUT2D eigenvalue weighted by molar-refractivity contribution is -0.384. The lowest BCUT2D eigenvalue weighted by Gasteiger charge is -2.36. The molecular weight excluding hydrogens is 218 g/mol. The molecule has 1 unspecified atom stereocenters. The monoisotopic (exact) mass is 235 g/mol. The van der Waals surface area contributed by atoms with Crippen LogP contribution >= 0.6 is 0 Å². The van der Waals surface area contributed by atoms with Crippen molar-refractivity contribution in [3.8, 4) is 0 Å². The normalized spacial score (nSPS) is 20.3. The van der Waals surface area contributed by atoms with E-state index in [1.165, 1.54) is 0 Å². The SMILES string of the molecule is NCC1CCCCN1c1ccccc1[N+](=O)[O-]. The van der Waals surface area contributed by atoms with Crippen molar-refractivity contribution >= 4 is 11.4 Å². The highest BCUT2D eigenvalue weighted by Crippen LogP contribution is 2.32. The second kappa shape index (κ2) is 5.14. The van der Waals surface area contributed by atoms with Crippen LogP contribution in [0.3, 0.4) is 0 Å². The molecule has 1 atom stereocenters. The van der Waals surface area contributed by atoms with Gasteiger partial charge in [-0.15, -0.1) is 0 Å². The van der Waals surface area contributed by atoms with Gasteiger partial charge in [-0.25, -0.2) is 0 Å². The molecule has 2 N–H and O–H groups in total. The van der Waals surface area contributed by atoms with Gasteiger partial charge in [-0.1, -0.05) is 12.1 Å². The van der Waals surface area contributed by atoms with Crippen LogP contribution in [0, 0.1) is 10.1 Å². The average Bonchev–Trinajstić information content (AvgIpc) is 2.38. The number of hydrogen-bond donors (Lipinski definition) is 1. The van der Waals surface area contributed by atoms with Gasteiger partial charge in [-0.3, -0.25) is 10.1 Å². The lowest BCUT2D eigenvalue weighted by Crippen LogP contribution is -2.44.